The highest BCUT2D eigenvalue weighted by molar-refractivity contribution is 7.81. The van der Waals surface area contributed by atoms with Gasteiger partial charge in [0.2, 0.25) is 0 Å². The molecule has 4 N–H and O–H groups in total. The highest BCUT2D eigenvalue weighted by Crippen LogP contribution is 2.40. The summed E-state index contributed by atoms with van der Waals surface area (Å²) in [6.45, 7) is 1.53. The van der Waals surface area contributed by atoms with Crippen LogP contribution < -0.4 is 5.73 Å². The van der Waals surface area contributed by atoms with Gasteiger partial charge in [0.05, 0.1) is 0 Å². The molecule has 0 aliphatic rings. The molecule has 0 aliphatic heterocycles. The molecule has 6 heteroatoms. The Balaban J connectivity index is 4.05. The van der Waals surface area contributed by atoms with Crippen molar-refractivity contribution in [3.63, 3.8) is 0 Å². The van der Waals surface area contributed by atoms with Gasteiger partial charge in [0, 0.05) is 5.25 Å². The Labute approximate surface area is 59.0 Å². The minimum atomic E-state index is -4.11. The van der Waals surface area contributed by atoms with E-state index in [0.717, 1.165) is 0 Å². The van der Waals surface area contributed by atoms with Gasteiger partial charge in [-0.25, -0.2) is 0 Å². The smallest absolute Gasteiger partial charge is 0.323 e. The summed E-state index contributed by atoms with van der Waals surface area (Å²) in [5, 5.41) is -0.481. The summed E-state index contributed by atoms with van der Waals surface area (Å²) in [6.07, 6.45) is 0. The van der Waals surface area contributed by atoms with Crippen molar-refractivity contribution in [1.82, 2.24) is 0 Å². The van der Waals surface area contributed by atoms with Crippen LogP contribution in [0.5, 0.6) is 0 Å². The summed E-state index contributed by atoms with van der Waals surface area (Å²) in [7, 11) is -4.11. The molecule has 0 saturated carbocycles. The topological polar surface area (TPSA) is 83.6 Å². The van der Waals surface area contributed by atoms with Crippen LogP contribution in [0.3, 0.4) is 0 Å². The molecule has 0 heterocycles. The van der Waals surface area contributed by atoms with Gasteiger partial charge in [-0.15, -0.1) is 0 Å². The first-order valence-corrected chi connectivity index (χ1v) is 4.54. The van der Waals surface area contributed by atoms with E-state index in [1.807, 2.05) is 0 Å². The number of nitrogens with two attached hydrogens (primary N) is 1. The molecule has 0 aliphatic carbocycles. The summed E-state index contributed by atoms with van der Waals surface area (Å²) in [5.41, 5.74) is 5.05. The third-order valence-electron chi connectivity index (χ3n) is 0.883. The van der Waals surface area contributed by atoms with Gasteiger partial charge in [-0.2, -0.15) is 12.6 Å². The first-order chi connectivity index (χ1) is 3.85. The lowest BCUT2D eigenvalue weighted by molar-refractivity contribution is 0.358. The molecule has 4 nitrogen and oxygen atoms in total. The van der Waals surface area contributed by atoms with Crippen LogP contribution in [0.25, 0.3) is 0 Å². The van der Waals surface area contributed by atoms with Crippen molar-refractivity contribution < 1.29 is 14.4 Å². The molecule has 0 aromatic carbocycles. The molecule has 0 fully saturated rings. The van der Waals surface area contributed by atoms with Gasteiger partial charge < -0.3 is 15.5 Å². The van der Waals surface area contributed by atoms with E-state index in [1.165, 1.54) is 6.92 Å². The molecule has 56 valence electrons. The van der Waals surface area contributed by atoms with E-state index in [2.05, 4.69) is 12.6 Å². The van der Waals surface area contributed by atoms with Gasteiger partial charge in [0.1, 0.15) is 5.78 Å². The molecule has 0 aromatic rings. The molecule has 2 unspecified atom stereocenters. The Morgan fingerprint density at radius 2 is 2.00 bits per heavy atom. The molecule has 0 bridgehead atoms. The van der Waals surface area contributed by atoms with Crippen molar-refractivity contribution in [2.45, 2.75) is 18.0 Å². The van der Waals surface area contributed by atoms with Crippen LogP contribution >= 0.6 is 20.2 Å². The molecule has 0 saturated heterocycles. The number of hydrogen-bond donors (Lipinski definition) is 4. The number of hydrogen-bond acceptors (Lipinski definition) is 3. The normalized spacial score (nSPS) is 19.2. The van der Waals surface area contributed by atoms with Crippen LogP contribution in [0.15, 0.2) is 0 Å². The third-order valence-corrected chi connectivity index (χ3v) is 2.66. The average Bonchev–Trinajstić information content (AvgIpc) is 1.62. The van der Waals surface area contributed by atoms with E-state index in [4.69, 9.17) is 15.5 Å². The van der Waals surface area contributed by atoms with Crippen LogP contribution in [-0.2, 0) is 4.57 Å². The molecular formula is C3H10NO3PS. The van der Waals surface area contributed by atoms with Crippen molar-refractivity contribution in [2.24, 2.45) is 5.73 Å². The van der Waals surface area contributed by atoms with Gasteiger partial charge in [0.15, 0.2) is 0 Å². The molecule has 0 spiro atoms. The number of thiol groups is 1. The fourth-order valence-corrected chi connectivity index (χ4v) is 1.36. The van der Waals surface area contributed by atoms with Crippen LogP contribution in [0.4, 0.5) is 0 Å². The summed E-state index contributed by atoms with van der Waals surface area (Å²) in [4.78, 5) is 16.8. The fraction of sp³-hybridized carbons (Fsp3) is 1.00. The van der Waals surface area contributed by atoms with Crippen molar-refractivity contribution >= 4 is 20.2 Å². The van der Waals surface area contributed by atoms with Gasteiger partial charge in [-0.1, -0.05) is 6.92 Å². The summed E-state index contributed by atoms with van der Waals surface area (Å²) in [6, 6.07) is 0. The Hall–Kier alpha value is 0.460. The van der Waals surface area contributed by atoms with Crippen LogP contribution in [-0.4, -0.2) is 20.8 Å². The van der Waals surface area contributed by atoms with Crippen molar-refractivity contribution in [3.05, 3.63) is 0 Å². The lowest BCUT2D eigenvalue weighted by Crippen LogP contribution is -2.28. The summed E-state index contributed by atoms with van der Waals surface area (Å²) >= 11 is 3.77. The Morgan fingerprint density at radius 3 is 2.00 bits per heavy atom. The van der Waals surface area contributed by atoms with Crippen LogP contribution in [0, 0.1) is 0 Å². The second-order valence-corrected chi connectivity index (χ2v) is 4.41. The van der Waals surface area contributed by atoms with E-state index in [-0.39, 0.29) is 0 Å². The highest BCUT2D eigenvalue weighted by Gasteiger charge is 2.27. The maximum absolute atomic E-state index is 10.3. The zero-order valence-electron chi connectivity index (χ0n) is 4.93. The Morgan fingerprint density at radius 1 is 1.67 bits per heavy atom. The Kier molecular flexibility index (Phi) is 3.19. The minimum Gasteiger partial charge on any atom is -0.323 e. The maximum atomic E-state index is 10.3. The molecule has 9 heavy (non-hydrogen) atoms. The molecule has 2 atom stereocenters. The highest BCUT2D eigenvalue weighted by atomic mass is 32.1. The van der Waals surface area contributed by atoms with E-state index in [1.54, 1.807) is 0 Å². The summed E-state index contributed by atoms with van der Waals surface area (Å²) in [5.74, 6) is -1.15. The van der Waals surface area contributed by atoms with Crippen molar-refractivity contribution in [2.75, 3.05) is 0 Å². The first kappa shape index (κ1) is 9.46. The SMILES string of the molecule is CC(S)C(N)P(=O)(O)O. The Bertz CT molecular complexity index is 133. The lowest BCUT2D eigenvalue weighted by Gasteiger charge is -2.15. The monoisotopic (exact) mass is 171 g/mol. The van der Waals surface area contributed by atoms with Crippen molar-refractivity contribution in [3.8, 4) is 0 Å². The van der Waals surface area contributed by atoms with Crippen LogP contribution in [0.1, 0.15) is 6.92 Å². The van der Waals surface area contributed by atoms with Gasteiger partial charge in [0.25, 0.3) is 0 Å². The maximum Gasteiger partial charge on any atom is 0.343 e. The minimum absolute atomic E-state index is 0.481. The van der Waals surface area contributed by atoms with E-state index in [0.29, 0.717) is 0 Å². The fourth-order valence-electron chi connectivity index (χ4n) is 0.281. The lowest BCUT2D eigenvalue weighted by atomic mass is 10.5. The second-order valence-electron chi connectivity index (χ2n) is 1.82. The van der Waals surface area contributed by atoms with Crippen molar-refractivity contribution in [1.29, 1.82) is 0 Å². The van der Waals surface area contributed by atoms with E-state index >= 15 is 0 Å². The van der Waals surface area contributed by atoms with Gasteiger partial charge in [-0.05, 0) is 0 Å². The van der Waals surface area contributed by atoms with Gasteiger partial charge in [-0.3, -0.25) is 4.57 Å². The van der Waals surface area contributed by atoms with Crippen LogP contribution in [0.2, 0.25) is 0 Å². The second kappa shape index (κ2) is 3.03. The zero-order valence-corrected chi connectivity index (χ0v) is 6.72. The summed E-state index contributed by atoms with van der Waals surface area (Å²) < 4.78 is 10.3. The molecular weight excluding hydrogens is 161 g/mol. The third kappa shape index (κ3) is 3.23. The standard InChI is InChI=1S/C3H10NO3PS/c1-2(9)3(4)8(5,6)7/h2-3,9H,4H2,1H3,(H2,5,6,7). The van der Waals surface area contributed by atoms with E-state index < -0.39 is 18.6 Å². The molecule has 0 rings (SSSR count). The number of rotatable bonds is 2. The van der Waals surface area contributed by atoms with E-state index in [9.17, 15) is 4.57 Å². The molecule has 0 amide bonds. The predicted octanol–water partition coefficient (Wildman–Crippen LogP) is -0.233. The predicted molar refractivity (Wildman–Crippen MR) is 38.5 cm³/mol. The zero-order chi connectivity index (χ0) is 7.65. The largest absolute Gasteiger partial charge is 0.343 e. The molecule has 0 radical (unpaired) electrons. The molecule has 0 aromatic heterocycles. The first-order valence-electron chi connectivity index (χ1n) is 2.34. The quantitative estimate of drug-likeness (QED) is 0.341. The average molecular weight is 171 g/mol. The van der Waals surface area contributed by atoms with Gasteiger partial charge >= 0.3 is 7.60 Å².